The number of nitrogens with zero attached hydrogens (tertiary/aromatic N) is 5. The molecule has 2 aliphatic heterocycles. The van der Waals surface area contributed by atoms with Crippen LogP contribution in [0.4, 0.5) is 34.3 Å². The molecule has 0 N–H and O–H groups in total. The summed E-state index contributed by atoms with van der Waals surface area (Å²) < 4.78 is 12.9. The first-order valence-electron chi connectivity index (χ1n) is 29.7. The fourth-order valence-corrected chi connectivity index (χ4v) is 14.1. The predicted octanol–water partition coefficient (Wildman–Crippen LogP) is 20.5. The number of hydrogen-bond acceptors (Lipinski definition) is 4. The number of hydrogen-bond donors (Lipinski definition) is 0. The molecule has 0 amide bonds. The Morgan fingerprint density at radius 2 is 0.930 bits per heavy atom. The zero-order chi connectivity index (χ0) is 59.3. The molecule has 2 aliphatic rings. The Kier molecular flexibility index (Phi) is 13.3. The second-order valence-electron chi connectivity index (χ2n) is 25.8. The fraction of sp³-hybridized carbons (Fsp3) is 0.165. The van der Waals surface area contributed by atoms with E-state index < -0.39 is 5.41 Å². The minimum atomic E-state index is -0.843. The monoisotopic (exact) mass is 1300 g/mol. The van der Waals surface area contributed by atoms with Gasteiger partial charge < -0.3 is 4.90 Å². The SMILES string of the molecule is CC(C)(C)c1ccnc(N2c3[c-]c(Oc4[c-]c(-n5[c](=[Pt])n(-c6c(-c7ccccc7)cccc6-c6ccccc6)c6ccccc65)ccc4)ccc3C3(c4ccccc42)c2cc(C(C)(C)C)ccc2N(c2ccccc2)c2ccc(C(C)(C)C)cc23)c1. The summed E-state index contributed by atoms with van der Waals surface area (Å²) in [5, 5.41) is 0. The van der Waals surface area contributed by atoms with Crippen molar-refractivity contribution in [1.82, 2.24) is 14.1 Å². The van der Waals surface area contributed by atoms with Crippen LogP contribution in [0.2, 0.25) is 0 Å². The number of ether oxygens (including phenoxy) is 1. The molecule has 426 valence electrons. The van der Waals surface area contributed by atoms with E-state index in [1.54, 1.807) is 0 Å². The molecule has 0 saturated carbocycles. The van der Waals surface area contributed by atoms with Crippen LogP contribution >= 0.6 is 0 Å². The van der Waals surface area contributed by atoms with Crippen LogP contribution in [-0.4, -0.2) is 14.1 Å². The first-order valence-corrected chi connectivity index (χ1v) is 30.8. The summed E-state index contributed by atoms with van der Waals surface area (Å²) in [6.45, 7) is 20.7. The molecule has 0 bridgehead atoms. The van der Waals surface area contributed by atoms with Gasteiger partial charge in [-0.15, -0.1) is 0 Å². The number of fused-ring (bicyclic) bond motifs is 9. The summed E-state index contributed by atoms with van der Waals surface area (Å²) in [4.78, 5) is 10.0. The molecule has 0 atom stereocenters. The first kappa shape index (κ1) is 54.8. The van der Waals surface area contributed by atoms with E-state index in [4.69, 9.17) is 9.72 Å². The van der Waals surface area contributed by atoms with E-state index in [9.17, 15) is 0 Å². The molecule has 7 heteroatoms. The molecule has 6 nitrogen and oxygen atoms in total. The van der Waals surface area contributed by atoms with Crippen molar-refractivity contribution in [1.29, 1.82) is 0 Å². The van der Waals surface area contributed by atoms with Gasteiger partial charge in [-0.2, -0.15) is 0 Å². The van der Waals surface area contributed by atoms with E-state index in [0.29, 0.717) is 11.5 Å². The standard InChI is InChI=1S/C79H67N5O.Pt/c1-76(2,3)55-39-43-69-66(47-55)79(67-48-56(77(4,5)6)40-44-70(67)83(69)58-29-17-12-18-30-58)64-35-19-20-36-68(64)84(74-49-57(45-46-80-74)78(7,8)9)73-51-61(41-42-65(73)79)85-60-32-23-31-59(50-60)81-52-82(72-38-22-21-37-71(72)81)75-62(53-25-13-10-14-26-53)33-24-34-63(75)54-27-15-11-16-28-54;/h10-49H,1-9H3;/q-2;. The molecule has 10 aromatic carbocycles. The van der Waals surface area contributed by atoms with Crippen molar-refractivity contribution in [2.24, 2.45) is 0 Å². The van der Waals surface area contributed by atoms with Crippen molar-refractivity contribution in [2.75, 3.05) is 9.80 Å². The van der Waals surface area contributed by atoms with Crippen molar-refractivity contribution < 1.29 is 24.1 Å². The molecule has 2 aromatic heterocycles. The zero-order valence-corrected chi connectivity index (χ0v) is 52.3. The van der Waals surface area contributed by atoms with Crippen molar-refractivity contribution >= 4 is 45.3 Å². The molecule has 1 spiro atoms. The zero-order valence-electron chi connectivity index (χ0n) is 50.1. The Balaban J connectivity index is 0.990. The van der Waals surface area contributed by atoms with Gasteiger partial charge in [-0.25, -0.2) is 0 Å². The normalized spacial score (nSPS) is 13.5. The molecule has 14 rings (SSSR count). The Morgan fingerprint density at radius 3 is 1.53 bits per heavy atom. The number of pyridine rings is 1. The van der Waals surface area contributed by atoms with E-state index in [2.05, 4.69) is 343 Å². The molecule has 86 heavy (non-hydrogen) atoms. The Labute approximate surface area is 516 Å². The average molecular weight is 1300 g/mol. The molecule has 0 fully saturated rings. The van der Waals surface area contributed by atoms with Crippen molar-refractivity contribution in [3.05, 3.63) is 298 Å². The second kappa shape index (κ2) is 20.9. The van der Waals surface area contributed by atoms with E-state index in [1.165, 1.54) is 33.4 Å². The summed E-state index contributed by atoms with van der Waals surface area (Å²) in [6.07, 6.45) is 1.95. The summed E-state index contributed by atoms with van der Waals surface area (Å²) in [5.41, 5.74) is 20.9. The van der Waals surface area contributed by atoms with Crippen LogP contribution in [0.5, 0.6) is 11.5 Å². The van der Waals surface area contributed by atoms with E-state index >= 15 is 0 Å². The average Bonchev–Trinajstić information content (AvgIpc) is 0.804. The quantitative estimate of drug-likeness (QED) is 0.142. The van der Waals surface area contributed by atoms with Crippen LogP contribution in [-0.2, 0) is 41.0 Å². The summed E-state index contributed by atoms with van der Waals surface area (Å²) in [5.74, 6) is 1.93. The molecule has 0 unspecified atom stereocenters. The van der Waals surface area contributed by atoms with Gasteiger partial charge in [-0.05, 0) is 63.3 Å². The van der Waals surface area contributed by atoms with E-state index in [1.807, 2.05) is 12.3 Å². The van der Waals surface area contributed by atoms with Crippen LogP contribution in [0, 0.1) is 15.9 Å². The van der Waals surface area contributed by atoms with Gasteiger partial charge in [-0.1, -0.05) is 123 Å². The number of rotatable bonds is 8. The number of aromatic nitrogens is 3. The fourth-order valence-electron chi connectivity index (χ4n) is 13.0. The van der Waals surface area contributed by atoms with Gasteiger partial charge in [0, 0.05) is 23.3 Å². The van der Waals surface area contributed by atoms with Crippen LogP contribution in [0.25, 0.3) is 44.7 Å². The van der Waals surface area contributed by atoms with Crippen LogP contribution in [0.1, 0.15) is 101 Å². The molecular weight excluding hydrogens is 1230 g/mol. The van der Waals surface area contributed by atoms with E-state index in [0.717, 1.165) is 88.3 Å². The Morgan fingerprint density at radius 1 is 0.419 bits per heavy atom. The number of para-hydroxylation sites is 5. The van der Waals surface area contributed by atoms with E-state index in [-0.39, 0.29) is 16.2 Å². The van der Waals surface area contributed by atoms with Gasteiger partial charge in [0.15, 0.2) is 0 Å². The van der Waals surface area contributed by atoms with Crippen molar-refractivity contribution in [3.8, 4) is 45.1 Å². The minimum absolute atomic E-state index is 0.140. The topological polar surface area (TPSA) is 38.5 Å². The van der Waals surface area contributed by atoms with Crippen molar-refractivity contribution in [3.63, 3.8) is 0 Å². The predicted molar refractivity (Wildman–Crippen MR) is 350 cm³/mol. The molecule has 4 heterocycles. The summed E-state index contributed by atoms with van der Waals surface area (Å²) in [7, 11) is 0. The minimum Gasteiger partial charge on any atom is -0.310 e. The van der Waals surface area contributed by atoms with Crippen LogP contribution in [0.3, 0.4) is 0 Å². The van der Waals surface area contributed by atoms with Gasteiger partial charge in [0.05, 0.1) is 0 Å². The van der Waals surface area contributed by atoms with Gasteiger partial charge >= 0.3 is 306 Å². The van der Waals surface area contributed by atoms with Gasteiger partial charge in [0.2, 0.25) is 0 Å². The number of benzene rings is 10. The van der Waals surface area contributed by atoms with Crippen LogP contribution < -0.4 is 14.5 Å². The maximum absolute atomic E-state index is 7.18. The van der Waals surface area contributed by atoms with Crippen LogP contribution in [0.15, 0.2) is 243 Å². The van der Waals surface area contributed by atoms with Gasteiger partial charge in [-0.3, -0.25) is 0 Å². The molecule has 12 aromatic rings. The Bertz CT molecular complexity index is 4530. The van der Waals surface area contributed by atoms with Crippen molar-refractivity contribution in [2.45, 2.75) is 84.0 Å². The molecule has 0 saturated heterocycles. The molecule has 0 aliphatic carbocycles. The third-order valence-corrected chi connectivity index (χ3v) is 18.3. The Hall–Kier alpha value is -9.09. The third kappa shape index (κ3) is 9.11. The third-order valence-electron chi connectivity index (χ3n) is 17.3. The number of anilines is 6. The molecule has 0 radical (unpaired) electrons. The maximum atomic E-state index is 7.18. The second-order valence-corrected chi connectivity index (χ2v) is 26.8. The summed E-state index contributed by atoms with van der Waals surface area (Å²) >= 11 is 2.50. The van der Waals surface area contributed by atoms with Gasteiger partial charge in [0.1, 0.15) is 0 Å². The first-order chi connectivity index (χ1) is 41.5. The van der Waals surface area contributed by atoms with Gasteiger partial charge in [0.25, 0.3) is 0 Å². The summed E-state index contributed by atoms with van der Waals surface area (Å²) in [6, 6.07) is 93.7. The smallest absolute Gasteiger partial charge is 0.310 e. The number of imidazole rings is 1. The molecular formula is C79H67N5OPt-2.